The zero-order valence-corrected chi connectivity index (χ0v) is 8.60. The highest BCUT2D eigenvalue weighted by Gasteiger charge is 1.93. The van der Waals surface area contributed by atoms with E-state index in [9.17, 15) is 9.18 Å². The van der Waals surface area contributed by atoms with Crippen LogP contribution in [-0.2, 0) is 0 Å². The van der Waals surface area contributed by atoms with Crippen LogP contribution >= 0.6 is 11.3 Å². The van der Waals surface area contributed by atoms with E-state index >= 15 is 0 Å². The van der Waals surface area contributed by atoms with Crippen LogP contribution in [0.3, 0.4) is 0 Å². The Balaban J connectivity index is 2.55. The molecule has 4 heteroatoms. The summed E-state index contributed by atoms with van der Waals surface area (Å²) in [5, 5.41) is 0.592. The zero-order valence-electron chi connectivity index (χ0n) is 7.79. The lowest BCUT2D eigenvalue weighted by molar-refractivity contribution is 0.628. The molecule has 0 bridgehead atoms. The third kappa shape index (κ3) is 2.22. The first-order valence-electron chi connectivity index (χ1n) is 4.30. The van der Waals surface area contributed by atoms with Gasteiger partial charge in [-0.15, -0.1) is 0 Å². The van der Waals surface area contributed by atoms with Gasteiger partial charge in [0.15, 0.2) is 0 Å². The van der Waals surface area contributed by atoms with Crippen molar-refractivity contribution in [3.8, 4) is 0 Å². The summed E-state index contributed by atoms with van der Waals surface area (Å²) in [7, 11) is 0. The summed E-state index contributed by atoms with van der Waals surface area (Å²) in [6.07, 6.45) is 1.80. The second kappa shape index (κ2) is 3.82. The maximum Gasteiger partial charge on any atom is 0.305 e. The highest BCUT2D eigenvalue weighted by molar-refractivity contribution is 7.07. The third-order valence-corrected chi connectivity index (χ3v) is 2.79. The molecule has 0 amide bonds. The van der Waals surface area contributed by atoms with E-state index in [1.54, 1.807) is 18.2 Å². The van der Waals surface area contributed by atoms with Gasteiger partial charge in [0.2, 0.25) is 0 Å². The lowest BCUT2D eigenvalue weighted by Crippen LogP contribution is -2.19. The van der Waals surface area contributed by atoms with Crippen molar-refractivity contribution in [1.29, 1.82) is 0 Å². The van der Waals surface area contributed by atoms with Gasteiger partial charge in [-0.2, -0.15) is 0 Å². The average molecular weight is 221 g/mol. The highest BCUT2D eigenvalue weighted by atomic mass is 32.1. The second-order valence-corrected chi connectivity index (χ2v) is 4.07. The van der Waals surface area contributed by atoms with Crippen molar-refractivity contribution in [3.63, 3.8) is 0 Å². The molecule has 0 aliphatic rings. The van der Waals surface area contributed by atoms with Gasteiger partial charge < -0.3 is 4.98 Å². The molecule has 0 unspecified atom stereocenters. The second-order valence-electron chi connectivity index (χ2n) is 3.05. The normalized spacial score (nSPS) is 11.9. The molecule has 0 aliphatic heterocycles. The quantitative estimate of drug-likeness (QED) is 0.759. The first-order chi connectivity index (χ1) is 7.15. The summed E-state index contributed by atoms with van der Waals surface area (Å²) in [5.41, 5.74) is 0.844. The van der Waals surface area contributed by atoms with E-state index in [0.717, 1.165) is 21.4 Å². The van der Waals surface area contributed by atoms with Crippen LogP contribution in [0.2, 0.25) is 0 Å². The molecule has 0 atom stereocenters. The van der Waals surface area contributed by atoms with Crippen LogP contribution in [0.4, 0.5) is 4.39 Å². The van der Waals surface area contributed by atoms with Crippen LogP contribution in [0.5, 0.6) is 0 Å². The standard InChI is InChI=1S/C11H8FNOS/c1-7-10(15-11(14)13-7)6-8-2-4-9(12)5-3-8/h2-6H,1H2,(H,13,14)/b10-6-. The molecule has 2 nitrogen and oxygen atoms in total. The Morgan fingerprint density at radius 2 is 2.00 bits per heavy atom. The van der Waals surface area contributed by atoms with E-state index in [-0.39, 0.29) is 10.7 Å². The van der Waals surface area contributed by atoms with Crippen molar-refractivity contribution >= 4 is 24.0 Å². The van der Waals surface area contributed by atoms with Crippen LogP contribution in [-0.4, -0.2) is 4.98 Å². The van der Waals surface area contributed by atoms with Crippen LogP contribution in [0.25, 0.3) is 12.7 Å². The lowest BCUT2D eigenvalue weighted by Gasteiger charge is -1.90. The van der Waals surface area contributed by atoms with E-state index in [0.29, 0.717) is 5.35 Å². The maximum absolute atomic E-state index is 12.6. The van der Waals surface area contributed by atoms with Gasteiger partial charge in [-0.3, -0.25) is 4.79 Å². The Bertz CT molecular complexity index is 624. The first kappa shape index (κ1) is 9.86. The molecule has 0 saturated heterocycles. The van der Waals surface area contributed by atoms with Gasteiger partial charge in [0.25, 0.3) is 0 Å². The number of aromatic amines is 1. The molecule has 15 heavy (non-hydrogen) atoms. The number of halogens is 1. The summed E-state index contributed by atoms with van der Waals surface area (Å²) in [6, 6.07) is 6.06. The predicted octanol–water partition coefficient (Wildman–Crippen LogP) is 0.815. The van der Waals surface area contributed by atoms with Gasteiger partial charge >= 0.3 is 4.87 Å². The molecule has 2 rings (SSSR count). The van der Waals surface area contributed by atoms with Gasteiger partial charge in [-0.25, -0.2) is 4.39 Å². The Morgan fingerprint density at radius 3 is 2.53 bits per heavy atom. The molecule has 1 N–H and O–H groups in total. The summed E-state index contributed by atoms with van der Waals surface area (Å²) >= 11 is 1.09. The molecular formula is C11H8FNOS. The van der Waals surface area contributed by atoms with Crippen molar-refractivity contribution in [3.05, 3.63) is 55.2 Å². The van der Waals surface area contributed by atoms with Gasteiger partial charge in [0.1, 0.15) is 5.82 Å². The van der Waals surface area contributed by atoms with Crippen molar-refractivity contribution in [2.75, 3.05) is 0 Å². The SMILES string of the molecule is C=c1[nH]c(=O)s/c1=C\c1ccc(F)cc1. The lowest BCUT2D eigenvalue weighted by atomic mass is 10.2. The van der Waals surface area contributed by atoms with Crippen LogP contribution in [0.15, 0.2) is 29.1 Å². The number of benzene rings is 1. The minimum absolute atomic E-state index is 0.131. The number of aromatic nitrogens is 1. The molecule has 1 aromatic carbocycles. The number of H-pyrrole nitrogens is 1. The number of hydrogen-bond acceptors (Lipinski definition) is 2. The zero-order chi connectivity index (χ0) is 10.8. The molecule has 0 aliphatic carbocycles. The summed E-state index contributed by atoms with van der Waals surface area (Å²) in [5.74, 6) is -0.274. The topological polar surface area (TPSA) is 32.9 Å². The Labute approximate surface area is 89.0 Å². The fourth-order valence-corrected chi connectivity index (χ4v) is 1.94. The molecular weight excluding hydrogens is 213 g/mol. The van der Waals surface area contributed by atoms with E-state index < -0.39 is 0 Å². The fraction of sp³-hybridized carbons (Fsp3) is 0. The summed E-state index contributed by atoms with van der Waals surface area (Å²) < 4.78 is 13.4. The number of hydrogen-bond donors (Lipinski definition) is 1. The van der Waals surface area contributed by atoms with Crippen molar-refractivity contribution in [2.45, 2.75) is 0 Å². The van der Waals surface area contributed by atoms with E-state index in [2.05, 4.69) is 11.6 Å². The molecule has 0 fully saturated rings. The minimum Gasteiger partial charge on any atom is -0.313 e. The van der Waals surface area contributed by atoms with E-state index in [4.69, 9.17) is 0 Å². The molecule has 76 valence electrons. The molecule has 0 radical (unpaired) electrons. The van der Waals surface area contributed by atoms with Gasteiger partial charge in [0, 0.05) is 0 Å². The third-order valence-electron chi connectivity index (χ3n) is 1.92. The smallest absolute Gasteiger partial charge is 0.305 e. The van der Waals surface area contributed by atoms with Gasteiger partial charge in [-0.1, -0.05) is 30.0 Å². The highest BCUT2D eigenvalue weighted by Crippen LogP contribution is 2.02. The predicted molar refractivity (Wildman–Crippen MR) is 59.7 cm³/mol. The number of rotatable bonds is 1. The van der Waals surface area contributed by atoms with Crippen LogP contribution in [0.1, 0.15) is 5.56 Å². The van der Waals surface area contributed by atoms with Crippen LogP contribution < -0.4 is 14.8 Å². The van der Waals surface area contributed by atoms with E-state index in [1.807, 2.05) is 0 Å². The minimum atomic E-state index is -0.274. The average Bonchev–Trinajstić information content (AvgIpc) is 2.49. The monoisotopic (exact) mass is 221 g/mol. The largest absolute Gasteiger partial charge is 0.313 e. The summed E-state index contributed by atoms with van der Waals surface area (Å²) in [6.45, 7) is 3.70. The van der Waals surface area contributed by atoms with Crippen molar-refractivity contribution in [1.82, 2.24) is 4.98 Å². The van der Waals surface area contributed by atoms with Gasteiger partial charge in [-0.05, 0) is 23.8 Å². The number of thiazole rings is 1. The maximum atomic E-state index is 12.6. The number of nitrogens with one attached hydrogen (secondary N) is 1. The Morgan fingerprint density at radius 1 is 1.33 bits per heavy atom. The molecule has 0 spiro atoms. The Hall–Kier alpha value is -1.68. The Kier molecular flexibility index (Phi) is 2.51. The van der Waals surface area contributed by atoms with E-state index in [1.165, 1.54) is 12.1 Å². The molecule has 1 aromatic heterocycles. The van der Waals surface area contributed by atoms with Gasteiger partial charge in [0.05, 0.1) is 9.88 Å². The molecule has 1 heterocycles. The molecule has 0 saturated carbocycles. The van der Waals surface area contributed by atoms with Crippen LogP contribution in [0, 0.1) is 5.82 Å². The summed E-state index contributed by atoms with van der Waals surface area (Å²) in [4.78, 5) is 13.5. The van der Waals surface area contributed by atoms with Crippen molar-refractivity contribution < 1.29 is 4.39 Å². The fourth-order valence-electron chi connectivity index (χ4n) is 1.20. The van der Waals surface area contributed by atoms with Crippen molar-refractivity contribution in [2.24, 2.45) is 0 Å². The first-order valence-corrected chi connectivity index (χ1v) is 5.12. The molecule has 2 aromatic rings.